The highest BCUT2D eigenvalue weighted by atomic mass is 16.4. The zero-order chi connectivity index (χ0) is 12.3. The Hall–Kier alpha value is -0.900. The molecule has 0 amide bonds. The van der Waals surface area contributed by atoms with Crippen molar-refractivity contribution in [1.29, 1.82) is 0 Å². The standard InChI is InChI=1S/C13H23N3O/c1-13(2,3)14-9-5-8-11-15-16-12(17-11)10-6-4-7-10/h10,14H,4-9H2,1-3H3. The third-order valence-electron chi connectivity index (χ3n) is 3.16. The number of hydrogen-bond acceptors (Lipinski definition) is 4. The summed E-state index contributed by atoms with van der Waals surface area (Å²) in [7, 11) is 0. The van der Waals surface area contributed by atoms with Gasteiger partial charge in [0, 0.05) is 17.9 Å². The summed E-state index contributed by atoms with van der Waals surface area (Å²) >= 11 is 0. The van der Waals surface area contributed by atoms with Crippen molar-refractivity contribution in [1.82, 2.24) is 15.5 Å². The molecular formula is C13H23N3O. The van der Waals surface area contributed by atoms with Crippen molar-refractivity contribution in [2.24, 2.45) is 0 Å². The van der Waals surface area contributed by atoms with Crippen LogP contribution in [0.5, 0.6) is 0 Å². The van der Waals surface area contributed by atoms with Crippen LogP contribution in [0.3, 0.4) is 0 Å². The molecule has 0 atom stereocenters. The summed E-state index contributed by atoms with van der Waals surface area (Å²) in [5, 5.41) is 11.7. The quantitative estimate of drug-likeness (QED) is 0.800. The molecule has 4 nitrogen and oxygen atoms in total. The number of aromatic nitrogens is 2. The Kier molecular flexibility index (Phi) is 3.82. The number of hydrogen-bond donors (Lipinski definition) is 1. The normalized spacial score (nSPS) is 17.1. The zero-order valence-electron chi connectivity index (χ0n) is 11.1. The molecule has 1 aliphatic rings. The van der Waals surface area contributed by atoms with Gasteiger partial charge < -0.3 is 9.73 Å². The van der Waals surface area contributed by atoms with Gasteiger partial charge in [0.1, 0.15) is 0 Å². The van der Waals surface area contributed by atoms with E-state index in [0.717, 1.165) is 31.2 Å². The van der Waals surface area contributed by atoms with Crippen molar-refractivity contribution in [2.45, 2.75) is 64.3 Å². The average molecular weight is 237 g/mol. The molecule has 1 aliphatic carbocycles. The fourth-order valence-electron chi connectivity index (χ4n) is 1.89. The molecule has 0 spiro atoms. The van der Waals surface area contributed by atoms with E-state index < -0.39 is 0 Å². The lowest BCUT2D eigenvalue weighted by molar-refractivity contribution is 0.322. The summed E-state index contributed by atoms with van der Waals surface area (Å²) < 4.78 is 5.67. The Balaban J connectivity index is 1.70. The summed E-state index contributed by atoms with van der Waals surface area (Å²) in [6.45, 7) is 7.52. The van der Waals surface area contributed by atoms with E-state index in [9.17, 15) is 0 Å². The van der Waals surface area contributed by atoms with Gasteiger partial charge in [0.2, 0.25) is 11.8 Å². The summed E-state index contributed by atoms with van der Waals surface area (Å²) in [4.78, 5) is 0. The van der Waals surface area contributed by atoms with Crippen molar-refractivity contribution in [3.8, 4) is 0 Å². The van der Waals surface area contributed by atoms with E-state index >= 15 is 0 Å². The van der Waals surface area contributed by atoms with Crippen LogP contribution in [0.25, 0.3) is 0 Å². The highest BCUT2D eigenvalue weighted by molar-refractivity contribution is 4.96. The van der Waals surface area contributed by atoms with Crippen molar-refractivity contribution < 1.29 is 4.42 Å². The van der Waals surface area contributed by atoms with Gasteiger partial charge in [0.25, 0.3) is 0 Å². The molecule has 1 N–H and O–H groups in total. The van der Waals surface area contributed by atoms with Crippen LogP contribution in [0.1, 0.15) is 64.2 Å². The molecule has 4 heteroatoms. The Morgan fingerprint density at radius 1 is 1.29 bits per heavy atom. The first-order chi connectivity index (χ1) is 8.04. The van der Waals surface area contributed by atoms with Gasteiger partial charge in [0.05, 0.1) is 0 Å². The fourth-order valence-corrected chi connectivity index (χ4v) is 1.89. The van der Waals surface area contributed by atoms with Gasteiger partial charge in [-0.3, -0.25) is 0 Å². The lowest BCUT2D eigenvalue weighted by Crippen LogP contribution is -2.36. The fraction of sp³-hybridized carbons (Fsp3) is 0.846. The number of rotatable bonds is 5. The van der Waals surface area contributed by atoms with Crippen LogP contribution in [-0.2, 0) is 6.42 Å². The van der Waals surface area contributed by atoms with E-state index in [1.165, 1.54) is 19.3 Å². The smallest absolute Gasteiger partial charge is 0.219 e. The number of aryl methyl sites for hydroxylation is 1. The Labute approximate surface area is 103 Å². The largest absolute Gasteiger partial charge is 0.425 e. The third-order valence-corrected chi connectivity index (χ3v) is 3.16. The molecule has 96 valence electrons. The summed E-state index contributed by atoms with van der Waals surface area (Å²) in [6, 6.07) is 0. The summed E-state index contributed by atoms with van der Waals surface area (Å²) in [6.07, 6.45) is 5.66. The minimum atomic E-state index is 0.186. The molecule has 0 saturated heterocycles. The molecule has 1 aromatic heterocycles. The van der Waals surface area contributed by atoms with Crippen molar-refractivity contribution in [3.05, 3.63) is 11.8 Å². The number of nitrogens with zero attached hydrogens (tertiary/aromatic N) is 2. The summed E-state index contributed by atoms with van der Waals surface area (Å²) in [5.74, 6) is 2.20. The van der Waals surface area contributed by atoms with Crippen LogP contribution < -0.4 is 5.32 Å². The molecule has 2 rings (SSSR count). The lowest BCUT2D eigenvalue weighted by Gasteiger charge is -2.20. The maximum Gasteiger partial charge on any atom is 0.219 e. The van der Waals surface area contributed by atoms with Crippen LogP contribution in [0.2, 0.25) is 0 Å². The molecule has 0 radical (unpaired) electrons. The van der Waals surface area contributed by atoms with Gasteiger partial charge in [-0.05, 0) is 46.6 Å². The van der Waals surface area contributed by atoms with E-state index in [2.05, 4.69) is 36.3 Å². The van der Waals surface area contributed by atoms with Crippen LogP contribution in [0.15, 0.2) is 4.42 Å². The molecule has 0 aromatic carbocycles. The maximum absolute atomic E-state index is 5.67. The van der Waals surface area contributed by atoms with Gasteiger partial charge in [0.15, 0.2) is 0 Å². The minimum absolute atomic E-state index is 0.186. The van der Waals surface area contributed by atoms with Gasteiger partial charge in [-0.15, -0.1) is 10.2 Å². The molecule has 1 fully saturated rings. The van der Waals surface area contributed by atoms with Crippen LogP contribution in [0, 0.1) is 0 Å². The van der Waals surface area contributed by atoms with E-state index in [1.54, 1.807) is 0 Å². The summed E-state index contributed by atoms with van der Waals surface area (Å²) in [5.41, 5.74) is 0.186. The SMILES string of the molecule is CC(C)(C)NCCCc1nnc(C2CCC2)o1. The molecular weight excluding hydrogens is 214 g/mol. The van der Waals surface area contributed by atoms with Gasteiger partial charge in [-0.25, -0.2) is 0 Å². The van der Waals surface area contributed by atoms with Crippen LogP contribution in [0.4, 0.5) is 0 Å². The average Bonchev–Trinajstić information content (AvgIpc) is 2.57. The van der Waals surface area contributed by atoms with Gasteiger partial charge >= 0.3 is 0 Å². The second-order valence-corrected chi connectivity index (χ2v) is 5.94. The zero-order valence-corrected chi connectivity index (χ0v) is 11.1. The predicted molar refractivity (Wildman–Crippen MR) is 67.0 cm³/mol. The van der Waals surface area contributed by atoms with Crippen LogP contribution in [-0.4, -0.2) is 22.3 Å². The second kappa shape index (κ2) is 5.17. The van der Waals surface area contributed by atoms with Gasteiger partial charge in [-0.1, -0.05) is 6.42 Å². The molecule has 0 bridgehead atoms. The van der Waals surface area contributed by atoms with Crippen LogP contribution >= 0.6 is 0 Å². The van der Waals surface area contributed by atoms with E-state index in [1.807, 2.05) is 0 Å². The van der Waals surface area contributed by atoms with Crippen molar-refractivity contribution in [2.75, 3.05) is 6.54 Å². The molecule has 1 saturated carbocycles. The van der Waals surface area contributed by atoms with E-state index in [0.29, 0.717) is 5.92 Å². The van der Waals surface area contributed by atoms with Crippen molar-refractivity contribution in [3.63, 3.8) is 0 Å². The Bertz CT molecular complexity index is 350. The molecule has 1 heterocycles. The third kappa shape index (κ3) is 3.80. The van der Waals surface area contributed by atoms with E-state index in [4.69, 9.17) is 4.42 Å². The Morgan fingerprint density at radius 3 is 2.65 bits per heavy atom. The molecule has 1 aromatic rings. The first-order valence-electron chi connectivity index (χ1n) is 6.62. The van der Waals surface area contributed by atoms with E-state index in [-0.39, 0.29) is 5.54 Å². The molecule has 0 aliphatic heterocycles. The topological polar surface area (TPSA) is 51.0 Å². The lowest BCUT2D eigenvalue weighted by atomic mass is 9.85. The minimum Gasteiger partial charge on any atom is -0.425 e. The maximum atomic E-state index is 5.67. The predicted octanol–water partition coefficient (Wildman–Crippen LogP) is 2.66. The second-order valence-electron chi connectivity index (χ2n) is 5.94. The Morgan fingerprint density at radius 2 is 2.06 bits per heavy atom. The van der Waals surface area contributed by atoms with Gasteiger partial charge in [-0.2, -0.15) is 0 Å². The highest BCUT2D eigenvalue weighted by Crippen LogP contribution is 2.35. The molecule has 17 heavy (non-hydrogen) atoms. The highest BCUT2D eigenvalue weighted by Gasteiger charge is 2.24. The van der Waals surface area contributed by atoms with Crippen molar-refractivity contribution >= 4 is 0 Å². The first kappa shape index (κ1) is 12.6. The first-order valence-corrected chi connectivity index (χ1v) is 6.62. The molecule has 0 unspecified atom stereocenters. The number of nitrogens with one attached hydrogen (secondary N) is 1. The monoisotopic (exact) mass is 237 g/mol.